The van der Waals surface area contributed by atoms with Gasteiger partial charge in [0, 0.05) is 6.42 Å². The molecule has 1 unspecified atom stereocenters. The summed E-state index contributed by atoms with van der Waals surface area (Å²) in [5, 5.41) is 10.7. The van der Waals surface area contributed by atoms with Crippen LogP contribution in [0, 0.1) is 0 Å². The Morgan fingerprint density at radius 1 is 1.18 bits per heavy atom. The predicted octanol–water partition coefficient (Wildman–Crippen LogP) is 2.88. The first-order valence-electron chi connectivity index (χ1n) is 6.66. The van der Waals surface area contributed by atoms with E-state index in [1.807, 2.05) is 11.4 Å². The Bertz CT molecular complexity index is 527. The van der Waals surface area contributed by atoms with Gasteiger partial charge in [0.05, 0.1) is 6.42 Å². The molecule has 1 rings (SSSR count). The molecular weight excluding hydrogens is 299 g/mol. The molecule has 7 heteroatoms. The summed E-state index contributed by atoms with van der Waals surface area (Å²) < 4.78 is 36.9. The van der Waals surface area contributed by atoms with Crippen molar-refractivity contribution in [3.63, 3.8) is 0 Å². The number of nitrogens with one attached hydrogen (secondary N) is 1. The van der Waals surface area contributed by atoms with Crippen molar-refractivity contribution in [2.45, 2.75) is 44.3 Å². The Hall–Kier alpha value is -2.05. The van der Waals surface area contributed by atoms with Gasteiger partial charge in [-0.1, -0.05) is 44.2 Å². The molecule has 0 heterocycles. The minimum Gasteiger partial charge on any atom is -0.480 e. The van der Waals surface area contributed by atoms with Gasteiger partial charge >= 0.3 is 12.1 Å². The summed E-state index contributed by atoms with van der Waals surface area (Å²) in [5.41, 5.74) is 0.222. The number of halogens is 3. The number of hydrogen-bond acceptors (Lipinski definition) is 2. The van der Waals surface area contributed by atoms with Crippen LogP contribution >= 0.6 is 0 Å². The first-order valence-corrected chi connectivity index (χ1v) is 6.66. The minimum atomic E-state index is -4.66. The molecular formula is C15H18F3NO3. The molecule has 4 nitrogen and oxygen atoms in total. The first kappa shape index (κ1) is 18.0. The molecule has 0 aliphatic rings. The third-order valence-corrected chi connectivity index (χ3v) is 3.23. The third-order valence-electron chi connectivity index (χ3n) is 3.23. The van der Waals surface area contributed by atoms with E-state index in [2.05, 4.69) is 0 Å². The van der Waals surface area contributed by atoms with E-state index in [0.717, 1.165) is 5.56 Å². The number of carboxylic acids is 1. The van der Waals surface area contributed by atoms with E-state index < -0.39 is 35.9 Å². The number of aliphatic carboxylic acids is 1. The van der Waals surface area contributed by atoms with Gasteiger partial charge in [0.1, 0.15) is 6.04 Å². The summed E-state index contributed by atoms with van der Waals surface area (Å²) >= 11 is 0. The molecule has 0 spiro atoms. The van der Waals surface area contributed by atoms with Crippen LogP contribution in [0.15, 0.2) is 30.3 Å². The molecule has 0 fully saturated rings. The van der Waals surface area contributed by atoms with Gasteiger partial charge in [0.15, 0.2) is 0 Å². The molecule has 1 aromatic rings. The van der Waals surface area contributed by atoms with Crippen molar-refractivity contribution in [1.29, 1.82) is 0 Å². The van der Waals surface area contributed by atoms with Crippen molar-refractivity contribution in [3.8, 4) is 0 Å². The zero-order valence-corrected chi connectivity index (χ0v) is 12.3. The lowest BCUT2D eigenvalue weighted by atomic mass is 9.81. The van der Waals surface area contributed by atoms with E-state index in [1.54, 1.807) is 38.1 Å². The maximum absolute atomic E-state index is 12.3. The second kappa shape index (κ2) is 6.81. The molecule has 0 saturated heterocycles. The van der Waals surface area contributed by atoms with Gasteiger partial charge in [-0.25, -0.2) is 4.79 Å². The first-order chi connectivity index (χ1) is 10.0. The van der Waals surface area contributed by atoms with Gasteiger partial charge in [-0.2, -0.15) is 13.2 Å². The van der Waals surface area contributed by atoms with E-state index in [0.29, 0.717) is 0 Å². The van der Waals surface area contributed by atoms with Crippen molar-refractivity contribution in [3.05, 3.63) is 35.9 Å². The normalized spacial score (nSPS) is 13.5. The fourth-order valence-electron chi connectivity index (χ4n) is 2.07. The van der Waals surface area contributed by atoms with Crippen LogP contribution in [0.4, 0.5) is 13.2 Å². The van der Waals surface area contributed by atoms with Gasteiger partial charge in [-0.3, -0.25) is 4.79 Å². The summed E-state index contributed by atoms with van der Waals surface area (Å²) in [6.45, 7) is 3.53. The highest BCUT2D eigenvalue weighted by atomic mass is 19.4. The van der Waals surface area contributed by atoms with Crippen molar-refractivity contribution < 1.29 is 27.9 Å². The molecule has 1 aromatic carbocycles. The van der Waals surface area contributed by atoms with Gasteiger partial charge in [-0.05, 0) is 11.0 Å². The van der Waals surface area contributed by atoms with E-state index in [9.17, 15) is 22.8 Å². The summed E-state index contributed by atoms with van der Waals surface area (Å²) in [4.78, 5) is 22.7. The maximum Gasteiger partial charge on any atom is 0.391 e. The number of hydrogen-bond donors (Lipinski definition) is 2. The highest BCUT2D eigenvalue weighted by molar-refractivity contribution is 5.84. The van der Waals surface area contributed by atoms with Crippen LogP contribution < -0.4 is 5.32 Å². The number of amides is 1. The Balaban J connectivity index is 2.73. The smallest absolute Gasteiger partial charge is 0.391 e. The molecule has 0 aliphatic heterocycles. The molecule has 0 saturated carbocycles. The average molecular weight is 317 g/mol. The quantitative estimate of drug-likeness (QED) is 0.848. The van der Waals surface area contributed by atoms with Gasteiger partial charge in [0.25, 0.3) is 0 Å². The molecule has 0 aliphatic carbocycles. The van der Waals surface area contributed by atoms with Crippen molar-refractivity contribution in [2.75, 3.05) is 0 Å². The Kier molecular flexibility index (Phi) is 5.57. The van der Waals surface area contributed by atoms with Crippen molar-refractivity contribution >= 4 is 11.9 Å². The van der Waals surface area contributed by atoms with Crippen LogP contribution in [-0.2, 0) is 15.0 Å². The summed E-state index contributed by atoms with van der Waals surface area (Å²) in [6, 6.07) is 7.02. The minimum absolute atomic E-state index is 0.112. The molecule has 122 valence electrons. The summed E-state index contributed by atoms with van der Waals surface area (Å²) in [6.07, 6.45) is -6.37. The number of benzene rings is 1. The Labute approximate surface area is 126 Å². The predicted molar refractivity (Wildman–Crippen MR) is 74.3 cm³/mol. The van der Waals surface area contributed by atoms with Crippen LogP contribution in [-0.4, -0.2) is 29.2 Å². The fraction of sp³-hybridized carbons (Fsp3) is 0.467. The van der Waals surface area contributed by atoms with E-state index in [-0.39, 0.29) is 6.42 Å². The van der Waals surface area contributed by atoms with E-state index in [4.69, 9.17) is 5.11 Å². The molecule has 1 amide bonds. The van der Waals surface area contributed by atoms with Crippen LogP contribution in [0.25, 0.3) is 0 Å². The van der Waals surface area contributed by atoms with Crippen LogP contribution in [0.5, 0.6) is 0 Å². The maximum atomic E-state index is 12.3. The van der Waals surface area contributed by atoms with Gasteiger partial charge < -0.3 is 10.4 Å². The highest BCUT2D eigenvalue weighted by Crippen LogP contribution is 2.27. The van der Waals surface area contributed by atoms with Crippen LogP contribution in [0.2, 0.25) is 0 Å². The molecule has 0 bridgehead atoms. The topological polar surface area (TPSA) is 66.4 Å². The number of carboxylic acid groups (broad SMARTS) is 1. The van der Waals surface area contributed by atoms with Gasteiger partial charge in [0.2, 0.25) is 5.91 Å². The molecule has 0 radical (unpaired) electrons. The second-order valence-electron chi connectivity index (χ2n) is 5.70. The summed E-state index contributed by atoms with van der Waals surface area (Å²) in [5.74, 6) is -2.44. The number of carbonyl (C=O) groups excluding carboxylic acids is 1. The lowest BCUT2D eigenvalue weighted by molar-refractivity contribution is -0.160. The number of rotatable bonds is 6. The van der Waals surface area contributed by atoms with Gasteiger partial charge in [-0.15, -0.1) is 0 Å². The zero-order valence-electron chi connectivity index (χ0n) is 12.3. The summed E-state index contributed by atoms with van der Waals surface area (Å²) in [7, 11) is 0. The highest BCUT2D eigenvalue weighted by Gasteiger charge is 2.37. The standard InChI is InChI=1S/C15H18F3NO3/c1-14(2,10-6-4-3-5-7-10)9-12(20)19-11(13(21)22)8-15(16,17)18/h3-7,11H,8-9H2,1-2H3,(H,19,20)(H,21,22). The van der Waals surface area contributed by atoms with Crippen LogP contribution in [0.3, 0.4) is 0 Å². The second-order valence-corrected chi connectivity index (χ2v) is 5.70. The van der Waals surface area contributed by atoms with Crippen molar-refractivity contribution in [2.24, 2.45) is 0 Å². The number of carbonyl (C=O) groups is 2. The van der Waals surface area contributed by atoms with Crippen LogP contribution in [0.1, 0.15) is 32.3 Å². The zero-order chi connectivity index (χ0) is 17.0. The molecule has 22 heavy (non-hydrogen) atoms. The number of alkyl halides is 3. The molecule has 1 atom stereocenters. The monoisotopic (exact) mass is 317 g/mol. The average Bonchev–Trinajstić information content (AvgIpc) is 2.36. The molecule has 0 aromatic heterocycles. The Morgan fingerprint density at radius 3 is 2.18 bits per heavy atom. The fourth-order valence-corrected chi connectivity index (χ4v) is 2.07. The van der Waals surface area contributed by atoms with Crippen molar-refractivity contribution in [1.82, 2.24) is 5.32 Å². The largest absolute Gasteiger partial charge is 0.480 e. The lowest BCUT2D eigenvalue weighted by Crippen LogP contribution is -2.45. The Morgan fingerprint density at radius 2 is 1.73 bits per heavy atom. The van der Waals surface area contributed by atoms with E-state index >= 15 is 0 Å². The van der Waals surface area contributed by atoms with E-state index in [1.165, 1.54) is 0 Å². The molecule has 2 N–H and O–H groups in total. The SMILES string of the molecule is CC(C)(CC(=O)NC(CC(F)(F)F)C(=O)O)c1ccccc1. The third kappa shape index (κ3) is 5.75. The lowest BCUT2D eigenvalue weighted by Gasteiger charge is -2.25.